The van der Waals surface area contributed by atoms with Gasteiger partial charge in [0, 0.05) is 11.0 Å². The van der Waals surface area contributed by atoms with Gasteiger partial charge in [-0.3, -0.25) is 4.79 Å². The molecule has 1 aromatic rings. The molecule has 0 aliphatic carbocycles. The van der Waals surface area contributed by atoms with Gasteiger partial charge in [0.05, 0.1) is 8.66 Å². The molecule has 0 radical (unpaired) electrons. The van der Waals surface area contributed by atoms with Crippen LogP contribution in [0.4, 0.5) is 0 Å². The molecule has 3 nitrogen and oxygen atoms in total. The van der Waals surface area contributed by atoms with Crippen LogP contribution >= 0.6 is 43.2 Å². The highest BCUT2D eigenvalue weighted by Crippen LogP contribution is 2.32. The van der Waals surface area contributed by atoms with Gasteiger partial charge < -0.3 is 10.6 Å². The van der Waals surface area contributed by atoms with Crippen molar-refractivity contribution >= 4 is 49.1 Å². The van der Waals surface area contributed by atoms with Gasteiger partial charge in [0.1, 0.15) is 0 Å². The average molecular weight is 396 g/mol. The lowest BCUT2D eigenvalue weighted by Gasteiger charge is -2.22. The largest absolute Gasteiger partial charge is 0.351 e. The normalized spacial score (nSPS) is 19.8. The molecule has 2 rings (SSSR count). The zero-order valence-electron chi connectivity index (χ0n) is 9.97. The third kappa shape index (κ3) is 4.05. The molecular weight excluding hydrogens is 380 g/mol. The van der Waals surface area contributed by atoms with E-state index in [1.54, 1.807) is 0 Å². The Morgan fingerprint density at radius 2 is 2.39 bits per heavy atom. The first kappa shape index (κ1) is 14.5. The minimum absolute atomic E-state index is 0.0233. The van der Waals surface area contributed by atoms with E-state index in [1.807, 2.05) is 6.07 Å². The molecular formula is C12H16Br2N2OS. The molecule has 1 aromatic heterocycles. The Morgan fingerprint density at radius 3 is 3.00 bits per heavy atom. The summed E-state index contributed by atoms with van der Waals surface area (Å²) in [6, 6.07) is 1.85. The van der Waals surface area contributed by atoms with E-state index in [0.717, 1.165) is 39.2 Å². The molecule has 0 saturated carbocycles. The van der Waals surface area contributed by atoms with Gasteiger partial charge in [-0.2, -0.15) is 0 Å². The zero-order chi connectivity index (χ0) is 13.0. The Morgan fingerprint density at radius 1 is 1.56 bits per heavy atom. The van der Waals surface area contributed by atoms with E-state index in [0.29, 0.717) is 5.92 Å². The van der Waals surface area contributed by atoms with E-state index < -0.39 is 0 Å². The topological polar surface area (TPSA) is 41.1 Å². The third-order valence-corrected chi connectivity index (χ3v) is 6.36. The van der Waals surface area contributed by atoms with Crippen molar-refractivity contribution in [2.75, 3.05) is 19.6 Å². The Bertz CT molecular complexity index is 397. The van der Waals surface area contributed by atoms with Gasteiger partial charge in [-0.05, 0) is 76.2 Å². The Balaban J connectivity index is 1.74. The Hall–Kier alpha value is 0.0900. The van der Waals surface area contributed by atoms with Crippen LogP contribution in [0.25, 0.3) is 0 Å². The summed E-state index contributed by atoms with van der Waals surface area (Å²) in [4.78, 5) is 12.6. The highest BCUT2D eigenvalue weighted by Gasteiger charge is 2.14. The van der Waals surface area contributed by atoms with E-state index in [9.17, 15) is 4.79 Å². The predicted molar refractivity (Wildman–Crippen MR) is 82.3 cm³/mol. The molecule has 1 saturated heterocycles. The maximum atomic E-state index is 11.9. The van der Waals surface area contributed by atoms with Gasteiger partial charge >= 0.3 is 0 Å². The van der Waals surface area contributed by atoms with Crippen molar-refractivity contribution in [3.8, 4) is 0 Å². The maximum absolute atomic E-state index is 11.9. The fourth-order valence-electron chi connectivity index (χ4n) is 2.11. The lowest BCUT2D eigenvalue weighted by Crippen LogP contribution is -2.33. The van der Waals surface area contributed by atoms with Gasteiger partial charge in [0.2, 0.25) is 0 Å². The summed E-state index contributed by atoms with van der Waals surface area (Å²) in [5.74, 6) is 0.732. The van der Waals surface area contributed by atoms with E-state index in [4.69, 9.17) is 0 Å². The van der Waals surface area contributed by atoms with Crippen molar-refractivity contribution in [1.29, 1.82) is 0 Å². The molecule has 1 aliphatic heterocycles. The molecule has 18 heavy (non-hydrogen) atoms. The summed E-state index contributed by atoms with van der Waals surface area (Å²) in [7, 11) is 0. The number of hydrogen-bond donors (Lipinski definition) is 2. The molecule has 0 bridgehead atoms. The van der Waals surface area contributed by atoms with Gasteiger partial charge in [-0.15, -0.1) is 11.3 Å². The molecule has 1 fully saturated rings. The molecule has 0 spiro atoms. The Kier molecular flexibility index (Phi) is 5.66. The number of hydrogen-bond acceptors (Lipinski definition) is 3. The van der Waals surface area contributed by atoms with E-state index >= 15 is 0 Å². The van der Waals surface area contributed by atoms with Crippen LogP contribution in [0.15, 0.2) is 14.3 Å². The summed E-state index contributed by atoms with van der Waals surface area (Å²) in [5.41, 5.74) is 0. The first-order chi connectivity index (χ1) is 8.66. The number of carbonyl (C=O) groups is 1. The number of rotatable bonds is 4. The molecule has 1 unspecified atom stereocenters. The summed E-state index contributed by atoms with van der Waals surface area (Å²) in [5, 5.41) is 6.38. The number of thiophene rings is 1. The van der Waals surface area contributed by atoms with Gasteiger partial charge in [-0.1, -0.05) is 0 Å². The quantitative estimate of drug-likeness (QED) is 0.820. The molecule has 6 heteroatoms. The van der Waals surface area contributed by atoms with Crippen LogP contribution in [-0.2, 0) is 0 Å². The molecule has 100 valence electrons. The van der Waals surface area contributed by atoms with Crippen LogP contribution < -0.4 is 10.6 Å². The molecule has 1 aliphatic rings. The summed E-state index contributed by atoms with van der Waals surface area (Å²) in [6.07, 6.45) is 3.59. The predicted octanol–water partition coefficient (Wildman–Crippen LogP) is 3.39. The van der Waals surface area contributed by atoms with Crippen LogP contribution in [0, 0.1) is 5.92 Å². The fourth-order valence-corrected chi connectivity index (χ4v) is 4.06. The highest BCUT2D eigenvalue weighted by molar-refractivity contribution is 9.13. The van der Waals surface area contributed by atoms with Crippen molar-refractivity contribution in [3.63, 3.8) is 0 Å². The standard InChI is InChI=1S/C12H16Br2N2OS/c13-9-6-10(18-11(9)14)12(17)16-5-3-8-2-1-4-15-7-8/h6,8,15H,1-5,7H2,(H,16,17). The van der Waals surface area contributed by atoms with E-state index in [2.05, 4.69) is 42.5 Å². The first-order valence-electron chi connectivity index (χ1n) is 6.10. The Labute approximate surface area is 128 Å². The van der Waals surface area contributed by atoms with Crippen molar-refractivity contribution in [3.05, 3.63) is 19.2 Å². The van der Waals surface area contributed by atoms with Gasteiger partial charge in [0.15, 0.2) is 0 Å². The smallest absolute Gasteiger partial charge is 0.261 e. The van der Waals surface area contributed by atoms with E-state index in [-0.39, 0.29) is 5.91 Å². The van der Waals surface area contributed by atoms with Crippen LogP contribution in [0.5, 0.6) is 0 Å². The summed E-state index contributed by atoms with van der Waals surface area (Å²) >= 11 is 8.24. The van der Waals surface area contributed by atoms with Crippen molar-refractivity contribution in [2.45, 2.75) is 19.3 Å². The summed E-state index contributed by atoms with van der Waals surface area (Å²) in [6.45, 7) is 2.99. The monoisotopic (exact) mass is 394 g/mol. The molecule has 2 heterocycles. The van der Waals surface area contributed by atoms with Gasteiger partial charge in [-0.25, -0.2) is 0 Å². The maximum Gasteiger partial charge on any atom is 0.261 e. The summed E-state index contributed by atoms with van der Waals surface area (Å²) < 4.78 is 1.90. The second-order valence-corrected chi connectivity index (χ2v) is 7.71. The lowest BCUT2D eigenvalue weighted by atomic mass is 9.96. The van der Waals surface area contributed by atoms with Crippen molar-refractivity contribution in [2.24, 2.45) is 5.92 Å². The van der Waals surface area contributed by atoms with Crippen LogP contribution in [-0.4, -0.2) is 25.5 Å². The lowest BCUT2D eigenvalue weighted by molar-refractivity contribution is 0.0954. The van der Waals surface area contributed by atoms with Crippen LogP contribution in [0.3, 0.4) is 0 Å². The van der Waals surface area contributed by atoms with Crippen molar-refractivity contribution in [1.82, 2.24) is 10.6 Å². The second-order valence-electron chi connectivity index (χ2n) is 4.49. The zero-order valence-corrected chi connectivity index (χ0v) is 14.0. The van der Waals surface area contributed by atoms with Crippen LogP contribution in [0.2, 0.25) is 0 Å². The average Bonchev–Trinajstić information content (AvgIpc) is 2.71. The highest BCUT2D eigenvalue weighted by atomic mass is 79.9. The van der Waals surface area contributed by atoms with Gasteiger partial charge in [0.25, 0.3) is 5.91 Å². The van der Waals surface area contributed by atoms with Crippen molar-refractivity contribution < 1.29 is 4.79 Å². The number of carbonyl (C=O) groups excluding carboxylic acids is 1. The molecule has 1 amide bonds. The minimum atomic E-state index is 0.0233. The second kappa shape index (κ2) is 7.03. The number of piperidine rings is 1. The molecule has 2 N–H and O–H groups in total. The third-order valence-electron chi connectivity index (χ3n) is 3.11. The number of halogens is 2. The molecule has 1 atom stereocenters. The fraction of sp³-hybridized carbons (Fsp3) is 0.583. The number of nitrogens with one attached hydrogen (secondary N) is 2. The molecule has 0 aromatic carbocycles. The SMILES string of the molecule is O=C(NCCC1CCCNC1)c1cc(Br)c(Br)s1. The van der Waals surface area contributed by atoms with Crippen LogP contribution in [0.1, 0.15) is 28.9 Å². The first-order valence-corrected chi connectivity index (χ1v) is 8.51. The number of amides is 1. The minimum Gasteiger partial charge on any atom is -0.351 e. The van der Waals surface area contributed by atoms with E-state index in [1.165, 1.54) is 24.2 Å².